The van der Waals surface area contributed by atoms with E-state index in [9.17, 15) is 19.2 Å². The molecule has 0 aromatic rings. The lowest BCUT2D eigenvalue weighted by Crippen LogP contribution is -2.53. The van der Waals surface area contributed by atoms with Gasteiger partial charge in [0.1, 0.15) is 0 Å². The molecule has 0 aromatic carbocycles. The summed E-state index contributed by atoms with van der Waals surface area (Å²) in [5, 5.41) is -1.36. The molecule has 0 aliphatic heterocycles. The average Bonchev–Trinajstić information content (AvgIpc) is 2.34. The lowest BCUT2D eigenvalue weighted by Gasteiger charge is -2.55. The molecule has 0 saturated heterocycles. The number of hydrogen-bond donors (Lipinski definition) is 0. The second-order valence-electron chi connectivity index (χ2n) is 6.46. The van der Waals surface area contributed by atoms with Crippen molar-refractivity contribution in [2.24, 2.45) is 23.2 Å². The van der Waals surface area contributed by atoms with Crippen LogP contribution in [0.3, 0.4) is 0 Å². The summed E-state index contributed by atoms with van der Waals surface area (Å²) in [5.41, 5.74) is -0.673. The van der Waals surface area contributed by atoms with Crippen molar-refractivity contribution in [3.05, 3.63) is 0 Å². The molecule has 4 nitrogen and oxygen atoms in total. The molecular weight excluding hydrogens is 268 g/mol. The second kappa shape index (κ2) is 4.23. The highest BCUT2D eigenvalue weighted by Crippen LogP contribution is 2.60. The first-order valence-corrected chi connectivity index (χ1v) is 7.12. The highest BCUT2D eigenvalue weighted by Gasteiger charge is 2.56. The van der Waals surface area contributed by atoms with Crippen LogP contribution in [0.25, 0.3) is 0 Å². The first-order valence-electron chi connectivity index (χ1n) is 6.74. The minimum absolute atomic E-state index is 0.504. The molecular formula is C14H15ClO4. The monoisotopic (exact) mass is 282 g/mol. The summed E-state index contributed by atoms with van der Waals surface area (Å²) in [7, 11) is 0. The summed E-state index contributed by atoms with van der Waals surface area (Å²) in [6.45, 7) is 0. The fourth-order valence-electron chi connectivity index (χ4n) is 4.82. The summed E-state index contributed by atoms with van der Waals surface area (Å²) in [6, 6.07) is 0. The van der Waals surface area contributed by atoms with Crippen LogP contribution in [0.15, 0.2) is 0 Å². The SMILES string of the molecule is O=C(Cl)C(=O)C(=O)C(=O)C12CC3CC(CC(C3)C1)C2. The second-order valence-corrected chi connectivity index (χ2v) is 6.80. The van der Waals surface area contributed by atoms with E-state index in [0.717, 1.165) is 19.3 Å². The first kappa shape index (κ1) is 13.0. The molecule has 0 N–H and O–H groups in total. The van der Waals surface area contributed by atoms with Crippen molar-refractivity contribution in [1.29, 1.82) is 0 Å². The van der Waals surface area contributed by atoms with Gasteiger partial charge >= 0.3 is 0 Å². The van der Waals surface area contributed by atoms with Crippen LogP contribution in [-0.2, 0) is 19.2 Å². The normalized spacial score (nSPS) is 39.1. The highest BCUT2D eigenvalue weighted by atomic mass is 35.5. The van der Waals surface area contributed by atoms with E-state index in [-0.39, 0.29) is 0 Å². The minimum Gasteiger partial charge on any atom is -0.290 e. The third kappa shape index (κ3) is 1.97. The van der Waals surface area contributed by atoms with Gasteiger partial charge < -0.3 is 0 Å². The smallest absolute Gasteiger partial charge is 0.290 e. The lowest BCUT2D eigenvalue weighted by molar-refractivity contribution is -0.156. The molecule has 4 aliphatic carbocycles. The number of rotatable bonds is 4. The molecule has 0 radical (unpaired) electrons. The van der Waals surface area contributed by atoms with Gasteiger partial charge in [0.15, 0.2) is 0 Å². The zero-order valence-corrected chi connectivity index (χ0v) is 11.2. The molecule has 0 atom stereocenters. The van der Waals surface area contributed by atoms with E-state index >= 15 is 0 Å². The van der Waals surface area contributed by atoms with Crippen molar-refractivity contribution in [2.75, 3.05) is 0 Å². The Morgan fingerprint density at radius 3 is 1.58 bits per heavy atom. The average molecular weight is 283 g/mol. The summed E-state index contributed by atoms with van der Waals surface area (Å²) in [4.78, 5) is 46.2. The molecule has 0 aromatic heterocycles. The maximum atomic E-state index is 12.4. The van der Waals surface area contributed by atoms with Crippen molar-refractivity contribution in [3.63, 3.8) is 0 Å². The quantitative estimate of drug-likeness (QED) is 0.447. The molecule has 4 saturated carbocycles. The Hall–Kier alpha value is -1.03. The van der Waals surface area contributed by atoms with Crippen molar-refractivity contribution in [1.82, 2.24) is 0 Å². The number of carbonyl (C=O) groups is 4. The van der Waals surface area contributed by atoms with E-state index in [1.807, 2.05) is 0 Å². The Balaban J connectivity index is 1.85. The fraction of sp³-hybridized carbons (Fsp3) is 0.714. The van der Waals surface area contributed by atoms with Gasteiger partial charge in [-0.2, -0.15) is 0 Å². The van der Waals surface area contributed by atoms with Gasteiger partial charge in [0.25, 0.3) is 16.8 Å². The highest BCUT2D eigenvalue weighted by molar-refractivity contribution is 6.95. The van der Waals surface area contributed by atoms with Gasteiger partial charge in [-0.15, -0.1) is 0 Å². The number of halogens is 1. The number of carbonyl (C=O) groups excluding carboxylic acids is 4. The molecule has 0 heterocycles. The van der Waals surface area contributed by atoms with E-state index < -0.39 is 28.0 Å². The van der Waals surface area contributed by atoms with Gasteiger partial charge in [-0.25, -0.2) is 0 Å². The van der Waals surface area contributed by atoms with Gasteiger partial charge in [0, 0.05) is 5.41 Å². The Labute approximate surface area is 115 Å². The summed E-state index contributed by atoms with van der Waals surface area (Å²) < 4.78 is 0. The van der Waals surface area contributed by atoms with Crippen molar-refractivity contribution in [3.8, 4) is 0 Å². The zero-order valence-electron chi connectivity index (χ0n) is 10.5. The predicted octanol–water partition coefficient (Wildman–Crippen LogP) is 1.68. The number of hydrogen-bond acceptors (Lipinski definition) is 4. The van der Waals surface area contributed by atoms with E-state index in [0.29, 0.717) is 37.0 Å². The van der Waals surface area contributed by atoms with Crippen LogP contribution in [0.2, 0.25) is 0 Å². The standard InChI is InChI=1S/C14H15ClO4/c15-13(19)11(17)10(16)12(18)14-4-7-1-8(5-14)3-9(2-7)6-14/h7-9H,1-6H2. The Bertz CT molecular complexity index is 458. The van der Waals surface area contributed by atoms with Gasteiger partial charge in [0.2, 0.25) is 5.78 Å². The third-order valence-electron chi connectivity index (χ3n) is 5.11. The molecule has 0 amide bonds. The Morgan fingerprint density at radius 1 is 0.789 bits per heavy atom. The molecule has 0 unspecified atom stereocenters. The van der Waals surface area contributed by atoms with Crippen LogP contribution in [0.4, 0.5) is 0 Å². The number of Topliss-reactive ketones (excluding diaryl/α,β-unsaturated/α-hetero) is 3. The molecule has 4 bridgehead atoms. The fourth-order valence-corrected chi connectivity index (χ4v) is 4.91. The van der Waals surface area contributed by atoms with Crippen molar-refractivity contribution in [2.45, 2.75) is 38.5 Å². The lowest BCUT2D eigenvalue weighted by atomic mass is 9.48. The third-order valence-corrected chi connectivity index (χ3v) is 5.28. The van der Waals surface area contributed by atoms with E-state index in [4.69, 9.17) is 11.6 Å². The van der Waals surface area contributed by atoms with Gasteiger partial charge in [0.05, 0.1) is 0 Å². The van der Waals surface area contributed by atoms with Gasteiger partial charge in [-0.05, 0) is 67.9 Å². The van der Waals surface area contributed by atoms with E-state index in [1.54, 1.807) is 0 Å². The van der Waals surface area contributed by atoms with E-state index in [1.165, 1.54) is 0 Å². The Kier molecular flexibility index (Phi) is 2.89. The van der Waals surface area contributed by atoms with Crippen molar-refractivity contribution >= 4 is 34.2 Å². The molecule has 4 aliphatic rings. The topological polar surface area (TPSA) is 68.3 Å². The van der Waals surface area contributed by atoms with Crippen LogP contribution in [-0.4, -0.2) is 22.6 Å². The summed E-state index contributed by atoms with van der Waals surface area (Å²) in [5.74, 6) is -1.73. The summed E-state index contributed by atoms with van der Waals surface area (Å²) >= 11 is 5.01. The largest absolute Gasteiger partial charge is 0.296 e. The van der Waals surface area contributed by atoms with Gasteiger partial charge in [-0.1, -0.05) is 0 Å². The summed E-state index contributed by atoms with van der Waals surface area (Å²) in [6.07, 6.45) is 5.53. The van der Waals surface area contributed by atoms with Gasteiger partial charge in [-0.3, -0.25) is 19.2 Å². The van der Waals surface area contributed by atoms with Crippen molar-refractivity contribution < 1.29 is 19.2 Å². The molecule has 102 valence electrons. The molecule has 19 heavy (non-hydrogen) atoms. The predicted molar refractivity (Wildman–Crippen MR) is 66.5 cm³/mol. The number of ketones is 3. The van der Waals surface area contributed by atoms with E-state index in [2.05, 4.69) is 0 Å². The zero-order chi connectivity index (χ0) is 13.8. The molecule has 4 rings (SSSR count). The minimum atomic E-state index is -1.37. The Morgan fingerprint density at radius 2 is 1.21 bits per heavy atom. The maximum Gasteiger partial charge on any atom is 0.296 e. The molecule has 0 spiro atoms. The van der Waals surface area contributed by atoms with Crippen LogP contribution in [0.5, 0.6) is 0 Å². The molecule has 5 heteroatoms. The van der Waals surface area contributed by atoms with Crippen LogP contribution < -0.4 is 0 Å². The molecule has 4 fully saturated rings. The van der Waals surface area contributed by atoms with Crippen LogP contribution in [0, 0.1) is 23.2 Å². The maximum absolute atomic E-state index is 12.4. The van der Waals surface area contributed by atoms with Crippen LogP contribution in [0.1, 0.15) is 38.5 Å². The van der Waals surface area contributed by atoms with Crippen LogP contribution >= 0.6 is 11.6 Å². The first-order chi connectivity index (χ1) is 8.91.